The molecule has 14 heavy (non-hydrogen) atoms. The molecule has 0 radical (unpaired) electrons. The van der Waals surface area contributed by atoms with Crippen LogP contribution in [-0.4, -0.2) is 49.6 Å². The van der Waals surface area contributed by atoms with Crippen LogP contribution in [0.4, 0.5) is 0 Å². The second kappa shape index (κ2) is 6.06. The molecule has 1 heterocycles. The number of piperazine rings is 1. The van der Waals surface area contributed by atoms with Crippen LogP contribution in [0.1, 0.15) is 20.3 Å². The molecule has 0 aromatic rings. The Labute approximate surface area is 88.3 Å². The lowest BCUT2D eigenvalue weighted by Gasteiger charge is -2.30. The molecule has 0 bridgehead atoms. The summed E-state index contributed by atoms with van der Waals surface area (Å²) in [6.07, 6.45) is 1.16. The van der Waals surface area contributed by atoms with E-state index in [0.717, 1.165) is 13.0 Å². The minimum absolute atomic E-state index is 0.558. The summed E-state index contributed by atoms with van der Waals surface area (Å²) < 4.78 is 0. The third-order valence-corrected chi connectivity index (χ3v) is 2.86. The summed E-state index contributed by atoms with van der Waals surface area (Å²) in [4.78, 5) is 4.81. The van der Waals surface area contributed by atoms with Crippen LogP contribution in [0.5, 0.6) is 0 Å². The molecule has 1 unspecified atom stereocenters. The fraction of sp³-hybridized carbons (Fsp3) is 0.833. The lowest BCUT2D eigenvalue weighted by Crippen LogP contribution is -2.44. The summed E-state index contributed by atoms with van der Waals surface area (Å²) in [7, 11) is 2.18. The molecule has 0 N–H and O–H groups in total. The number of rotatable bonds is 2. The molecule has 0 saturated carbocycles. The summed E-state index contributed by atoms with van der Waals surface area (Å²) in [6.45, 7) is 10.1. The van der Waals surface area contributed by atoms with Gasteiger partial charge in [0.1, 0.15) is 0 Å². The van der Waals surface area contributed by atoms with E-state index < -0.39 is 0 Å². The average molecular weight is 194 g/mol. The SMILES string of the molecule is CCC(C)C#CCN1CCN(C)CC1. The maximum atomic E-state index is 3.29. The molecule has 2 nitrogen and oxygen atoms in total. The van der Waals surface area contributed by atoms with Gasteiger partial charge < -0.3 is 4.90 Å². The first kappa shape index (κ1) is 11.6. The van der Waals surface area contributed by atoms with Crippen molar-refractivity contribution in [1.82, 2.24) is 9.80 Å². The first-order valence-electron chi connectivity index (χ1n) is 5.61. The molecule has 1 saturated heterocycles. The van der Waals surface area contributed by atoms with Gasteiger partial charge >= 0.3 is 0 Å². The smallest absolute Gasteiger partial charge is 0.0602 e. The lowest BCUT2D eigenvalue weighted by molar-refractivity contribution is 0.168. The number of likely N-dealkylation sites (N-methyl/N-ethyl adjacent to an activating group) is 1. The third-order valence-electron chi connectivity index (χ3n) is 2.86. The molecule has 1 rings (SSSR count). The van der Waals surface area contributed by atoms with E-state index in [0.29, 0.717) is 5.92 Å². The fourth-order valence-electron chi connectivity index (χ4n) is 1.44. The predicted molar refractivity (Wildman–Crippen MR) is 61.2 cm³/mol. The van der Waals surface area contributed by atoms with Crippen LogP contribution in [0.25, 0.3) is 0 Å². The summed E-state index contributed by atoms with van der Waals surface area (Å²) in [5.74, 6) is 7.12. The van der Waals surface area contributed by atoms with E-state index in [1.54, 1.807) is 0 Å². The Morgan fingerprint density at radius 1 is 1.21 bits per heavy atom. The van der Waals surface area contributed by atoms with E-state index in [4.69, 9.17) is 0 Å². The highest BCUT2D eigenvalue weighted by Crippen LogP contribution is 1.99. The monoisotopic (exact) mass is 194 g/mol. The number of nitrogens with zero attached hydrogens (tertiary/aromatic N) is 2. The van der Waals surface area contributed by atoms with Gasteiger partial charge in [0.05, 0.1) is 6.54 Å². The molecular formula is C12H22N2. The second-order valence-corrected chi connectivity index (χ2v) is 4.21. The second-order valence-electron chi connectivity index (χ2n) is 4.21. The Morgan fingerprint density at radius 3 is 2.43 bits per heavy atom. The molecule has 0 spiro atoms. The Hall–Kier alpha value is -0.520. The standard InChI is InChI=1S/C12H22N2/c1-4-12(2)6-5-7-14-10-8-13(3)9-11-14/h12H,4,7-11H2,1-3H3. The van der Waals surface area contributed by atoms with Gasteiger partial charge in [-0.25, -0.2) is 0 Å². The highest BCUT2D eigenvalue weighted by Gasteiger charge is 2.11. The topological polar surface area (TPSA) is 6.48 Å². The van der Waals surface area contributed by atoms with E-state index in [2.05, 4.69) is 42.5 Å². The Morgan fingerprint density at radius 2 is 1.86 bits per heavy atom. The molecule has 1 aliphatic rings. The van der Waals surface area contributed by atoms with Gasteiger partial charge in [-0.3, -0.25) is 4.90 Å². The van der Waals surface area contributed by atoms with Gasteiger partial charge in [-0.05, 0) is 13.5 Å². The molecule has 0 aromatic heterocycles. The predicted octanol–water partition coefficient (Wildman–Crippen LogP) is 1.28. The molecule has 1 aliphatic heterocycles. The highest BCUT2D eigenvalue weighted by atomic mass is 15.2. The normalized spacial score (nSPS) is 21.4. The molecular weight excluding hydrogens is 172 g/mol. The van der Waals surface area contributed by atoms with Gasteiger partial charge in [0.2, 0.25) is 0 Å². The minimum atomic E-state index is 0.558. The summed E-state index contributed by atoms with van der Waals surface area (Å²) in [6, 6.07) is 0. The summed E-state index contributed by atoms with van der Waals surface area (Å²) in [5.41, 5.74) is 0. The number of hydrogen-bond donors (Lipinski definition) is 0. The van der Waals surface area contributed by atoms with E-state index in [1.165, 1.54) is 26.2 Å². The molecule has 0 aromatic carbocycles. The van der Waals surface area contributed by atoms with E-state index >= 15 is 0 Å². The van der Waals surface area contributed by atoms with Crippen molar-refractivity contribution in [2.24, 2.45) is 5.92 Å². The van der Waals surface area contributed by atoms with Crippen molar-refractivity contribution in [2.45, 2.75) is 20.3 Å². The van der Waals surface area contributed by atoms with Gasteiger partial charge in [0, 0.05) is 32.1 Å². The van der Waals surface area contributed by atoms with Crippen LogP contribution in [0, 0.1) is 17.8 Å². The van der Waals surface area contributed by atoms with Crippen LogP contribution in [0.15, 0.2) is 0 Å². The van der Waals surface area contributed by atoms with Crippen molar-refractivity contribution in [1.29, 1.82) is 0 Å². The van der Waals surface area contributed by atoms with Gasteiger partial charge in [0.15, 0.2) is 0 Å². The zero-order chi connectivity index (χ0) is 10.4. The van der Waals surface area contributed by atoms with Gasteiger partial charge in [-0.2, -0.15) is 0 Å². The molecule has 1 fully saturated rings. The molecule has 0 amide bonds. The largest absolute Gasteiger partial charge is 0.304 e. The van der Waals surface area contributed by atoms with Crippen LogP contribution in [-0.2, 0) is 0 Å². The summed E-state index contributed by atoms with van der Waals surface area (Å²) in [5, 5.41) is 0. The lowest BCUT2D eigenvalue weighted by atomic mass is 10.1. The number of hydrogen-bond acceptors (Lipinski definition) is 2. The zero-order valence-electron chi connectivity index (χ0n) is 9.71. The highest BCUT2D eigenvalue weighted by molar-refractivity contribution is 5.04. The van der Waals surface area contributed by atoms with Crippen LogP contribution >= 0.6 is 0 Å². The minimum Gasteiger partial charge on any atom is -0.304 e. The van der Waals surface area contributed by atoms with Gasteiger partial charge in [-0.15, -0.1) is 0 Å². The van der Waals surface area contributed by atoms with Crippen LogP contribution < -0.4 is 0 Å². The van der Waals surface area contributed by atoms with Gasteiger partial charge in [0.25, 0.3) is 0 Å². The van der Waals surface area contributed by atoms with Crippen molar-refractivity contribution in [3.05, 3.63) is 0 Å². The Bertz CT molecular complexity index is 206. The van der Waals surface area contributed by atoms with Crippen molar-refractivity contribution < 1.29 is 0 Å². The van der Waals surface area contributed by atoms with Crippen molar-refractivity contribution >= 4 is 0 Å². The van der Waals surface area contributed by atoms with E-state index in [1.807, 2.05) is 0 Å². The molecule has 1 atom stereocenters. The van der Waals surface area contributed by atoms with Crippen LogP contribution in [0.3, 0.4) is 0 Å². The molecule has 0 aliphatic carbocycles. The van der Waals surface area contributed by atoms with Crippen molar-refractivity contribution in [3.8, 4) is 11.8 Å². The maximum absolute atomic E-state index is 3.29. The molecule has 80 valence electrons. The Kier molecular flexibility index (Phi) is 5.00. The maximum Gasteiger partial charge on any atom is 0.0602 e. The third kappa shape index (κ3) is 4.13. The van der Waals surface area contributed by atoms with Gasteiger partial charge in [-0.1, -0.05) is 25.7 Å². The first-order chi connectivity index (χ1) is 6.72. The average Bonchev–Trinajstić information content (AvgIpc) is 2.21. The van der Waals surface area contributed by atoms with E-state index in [9.17, 15) is 0 Å². The molecule has 2 heteroatoms. The first-order valence-corrected chi connectivity index (χ1v) is 5.61. The quantitative estimate of drug-likeness (QED) is 0.611. The zero-order valence-corrected chi connectivity index (χ0v) is 9.71. The Balaban J connectivity index is 2.20. The van der Waals surface area contributed by atoms with E-state index in [-0.39, 0.29) is 0 Å². The van der Waals surface area contributed by atoms with Crippen LogP contribution in [0.2, 0.25) is 0 Å². The van der Waals surface area contributed by atoms with Crippen molar-refractivity contribution in [3.63, 3.8) is 0 Å². The summed E-state index contributed by atoms with van der Waals surface area (Å²) >= 11 is 0. The fourth-order valence-corrected chi connectivity index (χ4v) is 1.44. The van der Waals surface area contributed by atoms with Crippen molar-refractivity contribution in [2.75, 3.05) is 39.8 Å².